The summed E-state index contributed by atoms with van der Waals surface area (Å²) in [4.78, 5) is 11.0. The van der Waals surface area contributed by atoms with Crippen LogP contribution in [0.15, 0.2) is 0 Å². The molecule has 0 bridgehead atoms. The van der Waals surface area contributed by atoms with E-state index in [0.717, 1.165) is 12.2 Å². The third-order valence-electron chi connectivity index (χ3n) is 1.77. The Hall–Kier alpha value is -0.830. The maximum absolute atomic E-state index is 11.0. The molecule has 4 heteroatoms. The Balaban J connectivity index is 3.25. The molecule has 1 aromatic rings. The SMILES string of the molecule is CCn1nc(C(C)=O)c(Cl)c1C. The lowest BCUT2D eigenvalue weighted by molar-refractivity contribution is 0.101. The Morgan fingerprint density at radius 2 is 2.25 bits per heavy atom. The molecule has 1 heterocycles. The molecule has 0 N–H and O–H groups in total. The van der Waals surface area contributed by atoms with Gasteiger partial charge in [0.15, 0.2) is 5.78 Å². The highest BCUT2D eigenvalue weighted by Gasteiger charge is 2.14. The highest BCUT2D eigenvalue weighted by Crippen LogP contribution is 2.19. The Labute approximate surface area is 76.3 Å². The van der Waals surface area contributed by atoms with Crippen molar-refractivity contribution in [1.29, 1.82) is 0 Å². The first-order chi connectivity index (χ1) is 5.57. The van der Waals surface area contributed by atoms with E-state index in [1.807, 2.05) is 13.8 Å². The van der Waals surface area contributed by atoms with E-state index >= 15 is 0 Å². The highest BCUT2D eigenvalue weighted by atomic mass is 35.5. The van der Waals surface area contributed by atoms with Gasteiger partial charge in [-0.25, -0.2) is 0 Å². The van der Waals surface area contributed by atoms with Gasteiger partial charge in [-0.05, 0) is 13.8 Å². The molecule has 0 aliphatic heterocycles. The summed E-state index contributed by atoms with van der Waals surface area (Å²) in [5.74, 6) is -0.0877. The Morgan fingerprint density at radius 3 is 2.50 bits per heavy atom. The van der Waals surface area contributed by atoms with Gasteiger partial charge in [-0.15, -0.1) is 0 Å². The third-order valence-corrected chi connectivity index (χ3v) is 2.22. The lowest BCUT2D eigenvalue weighted by Crippen LogP contribution is -2.00. The fourth-order valence-corrected chi connectivity index (χ4v) is 1.33. The number of rotatable bonds is 2. The van der Waals surface area contributed by atoms with E-state index in [0.29, 0.717) is 10.7 Å². The molecule has 0 aromatic carbocycles. The molecule has 12 heavy (non-hydrogen) atoms. The molecular weight excluding hydrogens is 176 g/mol. The topological polar surface area (TPSA) is 34.9 Å². The molecule has 0 saturated carbocycles. The van der Waals surface area contributed by atoms with Crippen LogP contribution >= 0.6 is 11.6 Å². The summed E-state index contributed by atoms with van der Waals surface area (Å²) in [6, 6.07) is 0. The minimum absolute atomic E-state index is 0.0877. The summed E-state index contributed by atoms with van der Waals surface area (Å²) in [5.41, 5.74) is 1.22. The van der Waals surface area contributed by atoms with Gasteiger partial charge in [-0.2, -0.15) is 5.10 Å². The maximum atomic E-state index is 11.0. The molecule has 0 saturated heterocycles. The Morgan fingerprint density at radius 1 is 1.67 bits per heavy atom. The van der Waals surface area contributed by atoms with Crippen LogP contribution < -0.4 is 0 Å². The molecule has 0 unspecified atom stereocenters. The van der Waals surface area contributed by atoms with Crippen LogP contribution in [0.4, 0.5) is 0 Å². The van der Waals surface area contributed by atoms with E-state index in [4.69, 9.17) is 11.6 Å². The van der Waals surface area contributed by atoms with Gasteiger partial charge in [0.05, 0.1) is 10.7 Å². The molecular formula is C8H11ClN2O. The van der Waals surface area contributed by atoms with Crippen molar-refractivity contribution in [1.82, 2.24) is 9.78 Å². The summed E-state index contributed by atoms with van der Waals surface area (Å²) < 4.78 is 1.72. The molecule has 1 aromatic heterocycles. The minimum Gasteiger partial charge on any atom is -0.293 e. The van der Waals surface area contributed by atoms with Crippen molar-refractivity contribution in [3.8, 4) is 0 Å². The number of hydrogen-bond acceptors (Lipinski definition) is 2. The maximum Gasteiger partial charge on any atom is 0.181 e. The monoisotopic (exact) mass is 186 g/mol. The van der Waals surface area contributed by atoms with E-state index in [1.165, 1.54) is 6.92 Å². The number of carbonyl (C=O) groups is 1. The van der Waals surface area contributed by atoms with Gasteiger partial charge in [0.2, 0.25) is 0 Å². The van der Waals surface area contributed by atoms with Crippen molar-refractivity contribution >= 4 is 17.4 Å². The average Bonchev–Trinajstić information content (AvgIpc) is 2.30. The van der Waals surface area contributed by atoms with Crippen molar-refractivity contribution in [2.45, 2.75) is 27.3 Å². The van der Waals surface area contributed by atoms with Gasteiger partial charge in [0.25, 0.3) is 0 Å². The largest absolute Gasteiger partial charge is 0.293 e. The summed E-state index contributed by atoms with van der Waals surface area (Å²) in [6.07, 6.45) is 0. The predicted molar refractivity (Wildman–Crippen MR) is 47.7 cm³/mol. The number of Topliss-reactive ketones (excluding diaryl/α,β-unsaturated/α-hetero) is 1. The zero-order valence-electron chi connectivity index (χ0n) is 7.39. The number of aryl methyl sites for hydroxylation is 1. The van der Waals surface area contributed by atoms with Crippen molar-refractivity contribution in [2.75, 3.05) is 0 Å². The molecule has 0 aliphatic rings. The van der Waals surface area contributed by atoms with Crippen molar-refractivity contribution in [3.05, 3.63) is 16.4 Å². The molecule has 0 fully saturated rings. The normalized spacial score (nSPS) is 10.3. The van der Waals surface area contributed by atoms with Crippen LogP contribution in [-0.4, -0.2) is 15.6 Å². The third kappa shape index (κ3) is 1.37. The molecule has 1 rings (SSSR count). The second kappa shape index (κ2) is 3.27. The summed E-state index contributed by atoms with van der Waals surface area (Å²) >= 11 is 5.88. The molecule has 0 amide bonds. The molecule has 0 spiro atoms. The first-order valence-corrected chi connectivity index (χ1v) is 4.19. The molecule has 3 nitrogen and oxygen atoms in total. The highest BCUT2D eigenvalue weighted by molar-refractivity contribution is 6.34. The van der Waals surface area contributed by atoms with Crippen molar-refractivity contribution in [2.24, 2.45) is 0 Å². The second-order valence-corrected chi connectivity index (χ2v) is 3.00. The van der Waals surface area contributed by atoms with Gasteiger partial charge >= 0.3 is 0 Å². The van der Waals surface area contributed by atoms with Crippen LogP contribution in [-0.2, 0) is 6.54 Å². The van der Waals surface area contributed by atoms with E-state index in [1.54, 1.807) is 4.68 Å². The van der Waals surface area contributed by atoms with E-state index in [2.05, 4.69) is 5.10 Å². The lowest BCUT2D eigenvalue weighted by Gasteiger charge is -1.95. The van der Waals surface area contributed by atoms with Crippen LogP contribution in [0, 0.1) is 6.92 Å². The van der Waals surface area contributed by atoms with Crippen LogP contribution in [0.5, 0.6) is 0 Å². The van der Waals surface area contributed by atoms with Gasteiger partial charge in [0.1, 0.15) is 5.69 Å². The Kier molecular flexibility index (Phi) is 2.52. The lowest BCUT2D eigenvalue weighted by atomic mass is 10.3. The number of halogens is 1. The smallest absolute Gasteiger partial charge is 0.181 e. The van der Waals surface area contributed by atoms with E-state index < -0.39 is 0 Å². The van der Waals surface area contributed by atoms with Gasteiger partial charge in [0, 0.05) is 13.5 Å². The minimum atomic E-state index is -0.0877. The number of carbonyl (C=O) groups excluding carboxylic acids is 1. The summed E-state index contributed by atoms with van der Waals surface area (Å²) in [6.45, 7) is 6.01. The first-order valence-electron chi connectivity index (χ1n) is 3.81. The van der Waals surface area contributed by atoms with E-state index in [9.17, 15) is 4.79 Å². The zero-order valence-corrected chi connectivity index (χ0v) is 8.14. The van der Waals surface area contributed by atoms with Gasteiger partial charge < -0.3 is 0 Å². The standard InChI is InChI=1S/C8H11ClN2O/c1-4-11-5(2)7(9)8(10-11)6(3)12/h4H2,1-3H3. The number of aromatic nitrogens is 2. The van der Waals surface area contributed by atoms with Crippen LogP contribution in [0.25, 0.3) is 0 Å². The molecule has 66 valence electrons. The van der Waals surface area contributed by atoms with E-state index in [-0.39, 0.29) is 5.78 Å². The second-order valence-electron chi connectivity index (χ2n) is 2.62. The molecule has 0 atom stereocenters. The number of nitrogens with zero attached hydrogens (tertiary/aromatic N) is 2. The van der Waals surface area contributed by atoms with Gasteiger partial charge in [-0.1, -0.05) is 11.6 Å². The fourth-order valence-electron chi connectivity index (χ4n) is 1.06. The number of ketones is 1. The molecule has 0 radical (unpaired) electrons. The van der Waals surface area contributed by atoms with Crippen molar-refractivity contribution < 1.29 is 4.79 Å². The van der Waals surface area contributed by atoms with Crippen LogP contribution in [0.1, 0.15) is 30.0 Å². The quantitative estimate of drug-likeness (QED) is 0.663. The number of hydrogen-bond donors (Lipinski definition) is 0. The zero-order chi connectivity index (χ0) is 9.30. The Bertz CT molecular complexity index is 317. The van der Waals surface area contributed by atoms with Crippen LogP contribution in [0.2, 0.25) is 5.02 Å². The molecule has 0 aliphatic carbocycles. The first kappa shape index (κ1) is 9.26. The average molecular weight is 187 g/mol. The van der Waals surface area contributed by atoms with Crippen LogP contribution in [0.3, 0.4) is 0 Å². The van der Waals surface area contributed by atoms with Gasteiger partial charge in [-0.3, -0.25) is 9.48 Å². The fraction of sp³-hybridized carbons (Fsp3) is 0.500. The predicted octanol–water partition coefficient (Wildman–Crippen LogP) is 2.07. The summed E-state index contributed by atoms with van der Waals surface area (Å²) in [7, 11) is 0. The summed E-state index contributed by atoms with van der Waals surface area (Å²) in [5, 5.41) is 4.54. The van der Waals surface area contributed by atoms with Crippen molar-refractivity contribution in [3.63, 3.8) is 0 Å².